The molecule has 0 unspecified atom stereocenters. The molecule has 1 saturated heterocycles. The highest BCUT2D eigenvalue weighted by molar-refractivity contribution is 5.71. The molecule has 1 heterocycles. The summed E-state index contributed by atoms with van der Waals surface area (Å²) in [6, 6.07) is 0. The summed E-state index contributed by atoms with van der Waals surface area (Å²) < 4.78 is 0. The van der Waals surface area contributed by atoms with Gasteiger partial charge in [-0.05, 0) is 13.0 Å². The predicted molar refractivity (Wildman–Crippen MR) is 37.8 cm³/mol. The summed E-state index contributed by atoms with van der Waals surface area (Å²) in [7, 11) is 1.96. The first kappa shape index (κ1) is 7.54. The van der Waals surface area contributed by atoms with E-state index in [4.69, 9.17) is 5.11 Å². The Kier molecular flexibility index (Phi) is 1.94. The smallest absolute Gasteiger partial charge is 0.308 e. The summed E-state index contributed by atoms with van der Waals surface area (Å²) in [4.78, 5) is 12.6. The number of carboxylic acids is 1. The van der Waals surface area contributed by atoms with Crippen LogP contribution in [-0.2, 0) is 4.79 Å². The van der Waals surface area contributed by atoms with E-state index in [-0.39, 0.29) is 5.92 Å². The second kappa shape index (κ2) is 2.58. The van der Waals surface area contributed by atoms with Gasteiger partial charge in [0.05, 0.1) is 5.92 Å². The lowest BCUT2D eigenvalue weighted by atomic mass is 9.99. The first-order valence-corrected chi connectivity index (χ1v) is 3.52. The highest BCUT2D eigenvalue weighted by atomic mass is 16.4. The molecular formula is C7H13NO2. The van der Waals surface area contributed by atoms with E-state index < -0.39 is 5.97 Å². The van der Waals surface area contributed by atoms with Crippen LogP contribution < -0.4 is 0 Å². The summed E-state index contributed by atoms with van der Waals surface area (Å²) in [5.41, 5.74) is 0. The van der Waals surface area contributed by atoms with Crippen molar-refractivity contribution in [2.75, 3.05) is 20.1 Å². The van der Waals surface area contributed by atoms with E-state index in [2.05, 4.69) is 4.90 Å². The van der Waals surface area contributed by atoms with Crippen LogP contribution in [0.25, 0.3) is 0 Å². The lowest BCUT2D eigenvalue weighted by molar-refractivity contribution is -0.142. The number of hydrogen-bond donors (Lipinski definition) is 1. The molecule has 0 aromatic heterocycles. The number of carboxylic acid groups (broad SMARTS) is 1. The van der Waals surface area contributed by atoms with Crippen molar-refractivity contribution in [3.05, 3.63) is 0 Å². The van der Waals surface area contributed by atoms with Crippen LogP contribution in [0, 0.1) is 11.8 Å². The van der Waals surface area contributed by atoms with Gasteiger partial charge in [0.15, 0.2) is 0 Å². The largest absolute Gasteiger partial charge is 0.481 e. The van der Waals surface area contributed by atoms with Gasteiger partial charge in [0.25, 0.3) is 0 Å². The lowest BCUT2D eigenvalue weighted by Gasteiger charge is -2.06. The number of aliphatic carboxylic acids is 1. The zero-order valence-corrected chi connectivity index (χ0v) is 6.37. The number of rotatable bonds is 1. The maximum absolute atomic E-state index is 10.5. The monoisotopic (exact) mass is 143 g/mol. The minimum atomic E-state index is -0.656. The van der Waals surface area contributed by atoms with Crippen molar-refractivity contribution in [3.8, 4) is 0 Å². The maximum Gasteiger partial charge on any atom is 0.308 e. The van der Waals surface area contributed by atoms with Crippen molar-refractivity contribution in [2.24, 2.45) is 11.8 Å². The van der Waals surface area contributed by atoms with Gasteiger partial charge in [0.2, 0.25) is 0 Å². The Labute approximate surface area is 60.6 Å². The first-order chi connectivity index (χ1) is 4.61. The van der Waals surface area contributed by atoms with Gasteiger partial charge in [-0.25, -0.2) is 0 Å². The van der Waals surface area contributed by atoms with Gasteiger partial charge in [0.1, 0.15) is 0 Å². The average molecular weight is 143 g/mol. The molecule has 0 amide bonds. The predicted octanol–water partition coefficient (Wildman–Crippen LogP) is 0.269. The normalized spacial score (nSPS) is 34.6. The second-order valence-electron chi connectivity index (χ2n) is 3.14. The summed E-state index contributed by atoms with van der Waals surface area (Å²) in [6.45, 7) is 3.61. The zero-order chi connectivity index (χ0) is 7.72. The van der Waals surface area contributed by atoms with Crippen LogP contribution >= 0.6 is 0 Å². The van der Waals surface area contributed by atoms with Gasteiger partial charge < -0.3 is 10.0 Å². The maximum atomic E-state index is 10.5. The van der Waals surface area contributed by atoms with E-state index in [0.717, 1.165) is 6.54 Å². The van der Waals surface area contributed by atoms with E-state index in [9.17, 15) is 4.79 Å². The quantitative estimate of drug-likeness (QED) is 0.572. The molecule has 0 spiro atoms. The summed E-state index contributed by atoms with van der Waals surface area (Å²) in [5, 5.41) is 8.67. The molecule has 10 heavy (non-hydrogen) atoms. The molecule has 0 bridgehead atoms. The number of hydrogen-bond acceptors (Lipinski definition) is 2. The molecule has 0 aromatic rings. The van der Waals surface area contributed by atoms with E-state index in [0.29, 0.717) is 12.5 Å². The molecule has 3 nitrogen and oxygen atoms in total. The lowest BCUT2D eigenvalue weighted by Crippen LogP contribution is -2.20. The van der Waals surface area contributed by atoms with Crippen LogP contribution in [0.15, 0.2) is 0 Å². The molecule has 58 valence electrons. The van der Waals surface area contributed by atoms with Gasteiger partial charge in [-0.2, -0.15) is 0 Å². The Morgan fingerprint density at radius 1 is 1.60 bits per heavy atom. The third kappa shape index (κ3) is 1.29. The fraction of sp³-hybridized carbons (Fsp3) is 0.857. The fourth-order valence-corrected chi connectivity index (χ4v) is 1.53. The first-order valence-electron chi connectivity index (χ1n) is 3.52. The average Bonchev–Trinajstić information content (AvgIpc) is 2.10. The SMILES string of the molecule is C[C@@H]1CN(C)C[C@@H]1C(=O)O. The van der Waals surface area contributed by atoms with E-state index >= 15 is 0 Å². The van der Waals surface area contributed by atoms with Crippen molar-refractivity contribution in [3.63, 3.8) is 0 Å². The highest BCUT2D eigenvalue weighted by Crippen LogP contribution is 2.20. The van der Waals surface area contributed by atoms with E-state index in [1.165, 1.54) is 0 Å². The van der Waals surface area contributed by atoms with Crippen LogP contribution in [0.2, 0.25) is 0 Å². The number of carbonyl (C=O) groups is 1. The van der Waals surface area contributed by atoms with Gasteiger partial charge in [0, 0.05) is 13.1 Å². The Morgan fingerprint density at radius 2 is 2.20 bits per heavy atom. The second-order valence-corrected chi connectivity index (χ2v) is 3.14. The fourth-order valence-electron chi connectivity index (χ4n) is 1.53. The molecule has 1 aliphatic heterocycles. The van der Waals surface area contributed by atoms with Crippen LogP contribution in [0.5, 0.6) is 0 Å². The standard InChI is InChI=1S/C7H13NO2/c1-5-3-8(2)4-6(5)7(9)10/h5-6H,3-4H2,1-2H3,(H,9,10)/t5-,6+/m1/s1. The minimum Gasteiger partial charge on any atom is -0.481 e. The molecule has 1 fully saturated rings. The van der Waals surface area contributed by atoms with Gasteiger partial charge in [-0.3, -0.25) is 4.79 Å². The van der Waals surface area contributed by atoms with Crippen molar-refractivity contribution < 1.29 is 9.90 Å². The van der Waals surface area contributed by atoms with Crippen LogP contribution in [-0.4, -0.2) is 36.1 Å². The Bertz CT molecular complexity index is 147. The van der Waals surface area contributed by atoms with Gasteiger partial charge in [-0.15, -0.1) is 0 Å². The number of nitrogens with zero attached hydrogens (tertiary/aromatic N) is 1. The molecule has 0 radical (unpaired) electrons. The van der Waals surface area contributed by atoms with Gasteiger partial charge in [-0.1, -0.05) is 6.92 Å². The molecule has 0 aromatic carbocycles. The molecule has 0 aliphatic carbocycles. The Morgan fingerprint density at radius 3 is 2.40 bits per heavy atom. The molecular weight excluding hydrogens is 130 g/mol. The third-order valence-electron chi connectivity index (χ3n) is 2.11. The minimum absolute atomic E-state index is 0.148. The molecule has 1 N–H and O–H groups in total. The molecule has 0 saturated carbocycles. The van der Waals surface area contributed by atoms with E-state index in [1.54, 1.807) is 0 Å². The zero-order valence-electron chi connectivity index (χ0n) is 6.37. The molecule has 1 aliphatic rings. The van der Waals surface area contributed by atoms with E-state index in [1.807, 2.05) is 14.0 Å². The van der Waals surface area contributed by atoms with Crippen molar-refractivity contribution in [1.82, 2.24) is 4.90 Å². The van der Waals surface area contributed by atoms with Crippen molar-refractivity contribution in [2.45, 2.75) is 6.92 Å². The molecule has 1 rings (SSSR count). The van der Waals surface area contributed by atoms with Crippen molar-refractivity contribution in [1.29, 1.82) is 0 Å². The summed E-state index contributed by atoms with van der Waals surface area (Å²) in [6.07, 6.45) is 0. The van der Waals surface area contributed by atoms with Gasteiger partial charge >= 0.3 is 5.97 Å². The summed E-state index contributed by atoms with van der Waals surface area (Å²) >= 11 is 0. The summed E-state index contributed by atoms with van der Waals surface area (Å²) in [5.74, 6) is -0.496. The highest BCUT2D eigenvalue weighted by Gasteiger charge is 2.32. The van der Waals surface area contributed by atoms with Crippen LogP contribution in [0.4, 0.5) is 0 Å². The Balaban J connectivity index is 2.54. The Hall–Kier alpha value is -0.570. The van der Waals surface area contributed by atoms with Crippen molar-refractivity contribution >= 4 is 5.97 Å². The molecule has 3 heteroatoms. The van der Waals surface area contributed by atoms with Crippen LogP contribution in [0.1, 0.15) is 6.92 Å². The topological polar surface area (TPSA) is 40.5 Å². The number of likely N-dealkylation sites (tertiary alicyclic amines) is 1. The molecule has 2 atom stereocenters. The van der Waals surface area contributed by atoms with Crippen LogP contribution in [0.3, 0.4) is 0 Å². The third-order valence-corrected chi connectivity index (χ3v) is 2.11.